The predicted molar refractivity (Wildman–Crippen MR) is 60.0 cm³/mol. The van der Waals surface area contributed by atoms with Crippen LogP contribution < -0.4 is 0 Å². The van der Waals surface area contributed by atoms with Gasteiger partial charge in [0.1, 0.15) is 0 Å². The van der Waals surface area contributed by atoms with Crippen molar-refractivity contribution in [2.24, 2.45) is 0 Å². The first-order valence-corrected chi connectivity index (χ1v) is 4.64. The van der Waals surface area contributed by atoms with E-state index in [1.807, 2.05) is 42.5 Å². The van der Waals surface area contributed by atoms with E-state index in [9.17, 15) is 0 Å². The molecule has 0 aliphatic rings. The molecule has 0 atom stereocenters. The van der Waals surface area contributed by atoms with Crippen molar-refractivity contribution >= 4 is 0 Å². The maximum absolute atomic E-state index is 2.96. The Morgan fingerprint density at radius 3 is 1.62 bits per heavy atom. The van der Waals surface area contributed by atoms with Gasteiger partial charge in [0.15, 0.2) is 0 Å². The number of aryl methyl sites for hydroxylation is 2. The fourth-order valence-electron chi connectivity index (χ4n) is 0.953. The number of hydrogen-bond donors (Lipinski definition) is 0. The van der Waals surface area contributed by atoms with E-state index in [0.29, 0.717) is 0 Å². The van der Waals surface area contributed by atoms with Crippen LogP contribution in [0.15, 0.2) is 48.5 Å². The minimum absolute atomic E-state index is 0. The van der Waals surface area contributed by atoms with E-state index < -0.39 is 0 Å². The maximum Gasteiger partial charge on any atom is 0 e. The molecule has 0 spiro atoms. The molecule has 0 nitrogen and oxygen atoms in total. The molecule has 0 N–H and O–H groups in total. The average Bonchev–Trinajstić information content (AvgIpc) is 2.21. The van der Waals surface area contributed by atoms with Crippen LogP contribution in [0.25, 0.3) is 0 Å². The molecular formula is C14H14Bk2-2. The number of benzene rings is 2. The fourth-order valence-corrected chi connectivity index (χ4v) is 0.953. The molecule has 0 fully saturated rings. The van der Waals surface area contributed by atoms with Gasteiger partial charge >= 0.3 is 0 Å². The van der Waals surface area contributed by atoms with E-state index in [4.69, 9.17) is 0 Å². The SMILES string of the molecule is Cc1c[c-]ccc1.Cc1cc[c-]cc1.[Bk].[Bk]. The Hall–Kier alpha value is -3.56. The summed E-state index contributed by atoms with van der Waals surface area (Å²) < 4.78 is 0. The van der Waals surface area contributed by atoms with E-state index >= 15 is 0 Å². The van der Waals surface area contributed by atoms with Crippen LogP contribution in [-0.2, 0) is 0 Å². The Kier molecular flexibility index (Phi) is 7.52. The molecule has 90 valence electrons. The topological polar surface area (TPSA) is 0 Å². The van der Waals surface area contributed by atoms with Gasteiger partial charge in [-0.1, -0.05) is 13.8 Å². The quantitative estimate of drug-likeness (QED) is 0.375. The minimum atomic E-state index is 0. The Morgan fingerprint density at radius 2 is 1.38 bits per heavy atom. The molecule has 0 aromatic heterocycles. The normalized spacial score (nSPS) is 7.62. The molecule has 0 unspecified atom stereocenters. The van der Waals surface area contributed by atoms with Crippen molar-refractivity contribution < 1.29 is 0 Å². The van der Waals surface area contributed by atoms with Crippen molar-refractivity contribution in [3.63, 3.8) is 0 Å². The number of rotatable bonds is 0. The average molecular weight is 676 g/mol. The van der Waals surface area contributed by atoms with Gasteiger partial charge in [0.05, 0.1) is 0 Å². The largest absolute Gasteiger partial charge is 0.184 e. The molecule has 2 rings (SSSR count). The third-order valence-electron chi connectivity index (χ3n) is 1.75. The van der Waals surface area contributed by atoms with Crippen LogP contribution in [0.2, 0.25) is 0 Å². The first-order valence-electron chi connectivity index (χ1n) is 4.64. The Bertz CT molecular complexity index is 306. The van der Waals surface area contributed by atoms with Gasteiger partial charge < -0.3 is 0 Å². The number of hydrogen-bond acceptors (Lipinski definition) is 0. The zero-order chi connectivity index (χ0) is 10.2. The zero-order valence-corrected chi connectivity index (χ0v) is 14.8. The molecule has 0 aliphatic heterocycles. The maximum atomic E-state index is 2.96. The monoisotopic (exact) mass is 676 g/mol. The molecule has 0 amide bonds. The predicted octanol–water partition coefficient (Wildman–Crippen LogP) is 3.59. The van der Waals surface area contributed by atoms with Crippen LogP contribution >= 0.6 is 0 Å². The summed E-state index contributed by atoms with van der Waals surface area (Å²) in [6.45, 7) is 4.12. The van der Waals surface area contributed by atoms with Gasteiger partial charge in [0.25, 0.3) is 0 Å². The summed E-state index contributed by atoms with van der Waals surface area (Å²) in [6, 6.07) is 21.7. The van der Waals surface area contributed by atoms with Crippen molar-refractivity contribution in [1.29, 1.82) is 0 Å². The van der Waals surface area contributed by atoms with Crippen LogP contribution in [0.3, 0.4) is 0 Å². The first kappa shape index (κ1) is 14.9. The second-order valence-electron chi connectivity index (χ2n) is 3.16. The summed E-state index contributed by atoms with van der Waals surface area (Å²) in [6.07, 6.45) is 0. The molecule has 0 heterocycles. The summed E-state index contributed by atoms with van der Waals surface area (Å²) in [5, 5.41) is 0. The Labute approximate surface area is 86.2 Å². The van der Waals surface area contributed by atoms with Crippen LogP contribution in [-0.4, -0.2) is 0 Å². The van der Waals surface area contributed by atoms with Gasteiger partial charge in [0, 0.05) is 0 Å². The van der Waals surface area contributed by atoms with Crippen molar-refractivity contribution in [3.8, 4) is 0 Å². The van der Waals surface area contributed by atoms with Crippen LogP contribution in [0.4, 0.5) is 0 Å². The van der Waals surface area contributed by atoms with Gasteiger partial charge in [-0.15, -0.1) is 0 Å². The van der Waals surface area contributed by atoms with Crippen molar-refractivity contribution in [3.05, 3.63) is 71.8 Å². The van der Waals surface area contributed by atoms with Crippen molar-refractivity contribution in [2.75, 3.05) is 0 Å². The third-order valence-corrected chi connectivity index (χ3v) is 1.75. The minimum Gasteiger partial charge on any atom is -0.184 e. The van der Waals surface area contributed by atoms with Gasteiger partial charge in [-0.3, -0.25) is 0 Å². The summed E-state index contributed by atoms with van der Waals surface area (Å²) in [5.41, 5.74) is 2.56. The van der Waals surface area contributed by atoms with E-state index in [0.717, 1.165) is 0 Å². The molecule has 0 bridgehead atoms. The molecule has 2 aromatic rings. The molecule has 2 heteroatoms. The van der Waals surface area contributed by atoms with Gasteiger partial charge in [-0.05, 0) is 0 Å². The van der Waals surface area contributed by atoms with Gasteiger partial charge in [-0.2, -0.15) is 71.8 Å². The molecule has 16 heavy (non-hydrogen) atoms. The van der Waals surface area contributed by atoms with Gasteiger partial charge in [-0.25, -0.2) is 0 Å². The van der Waals surface area contributed by atoms with E-state index in [-0.39, 0.29) is 0 Å². The molecule has 0 aliphatic carbocycles. The summed E-state index contributed by atoms with van der Waals surface area (Å²) in [7, 11) is 0. The van der Waals surface area contributed by atoms with E-state index in [1.54, 1.807) is 0 Å². The second kappa shape index (κ2) is 8.06. The third kappa shape index (κ3) is 6.01. The molecule has 2 radical (unpaired) electrons. The fraction of sp³-hybridized carbons (Fsp3) is 0.143. The zero-order valence-electron chi connectivity index (χ0n) is 9.29. The molecule has 0 saturated heterocycles. The Morgan fingerprint density at radius 1 is 0.750 bits per heavy atom. The molecular weight excluding hydrogens is 662 g/mol. The molecule has 2 aromatic carbocycles. The molecule has 0 saturated carbocycles. The second-order valence-corrected chi connectivity index (χ2v) is 3.16. The van der Waals surface area contributed by atoms with Crippen molar-refractivity contribution in [2.45, 2.75) is 13.8 Å². The summed E-state index contributed by atoms with van der Waals surface area (Å²) >= 11 is 0. The van der Waals surface area contributed by atoms with E-state index in [2.05, 4.69) is 32.0 Å². The van der Waals surface area contributed by atoms with Crippen LogP contribution in [0, 0.1) is 26.0 Å². The Balaban J connectivity index is 0. The van der Waals surface area contributed by atoms with E-state index in [1.165, 1.54) is 11.1 Å². The van der Waals surface area contributed by atoms with Crippen molar-refractivity contribution in [1.82, 2.24) is 0 Å². The van der Waals surface area contributed by atoms with Gasteiger partial charge in [0.2, 0.25) is 0 Å². The first-order chi connectivity index (χ1) is 6.79. The standard InChI is InChI=1S/2C7H7.2Bk/c2*1-7-5-3-2-4-6-7;;/h3-6H,1H3;2-3,5-6H,1H3;;/q2*-1;;. The van der Waals surface area contributed by atoms with Crippen LogP contribution in [0.1, 0.15) is 11.1 Å². The smallest absolute Gasteiger partial charge is 0 e. The summed E-state index contributed by atoms with van der Waals surface area (Å²) in [5.74, 6) is 0. The summed E-state index contributed by atoms with van der Waals surface area (Å²) in [4.78, 5) is 0. The van der Waals surface area contributed by atoms with Crippen LogP contribution in [0.5, 0.6) is 0 Å².